The minimum Gasteiger partial charge on any atom is -0.465 e. The number of fused-ring (bicyclic) bond motifs is 1. The minimum atomic E-state index is -4.41. The third kappa shape index (κ3) is 5.92. The molecule has 10 nitrogen and oxygen atoms in total. The molecule has 1 N–H and O–H groups in total. The van der Waals surface area contributed by atoms with E-state index in [-0.39, 0.29) is 33.4 Å². The molecule has 0 amide bonds. The number of ether oxygens (including phenoxy) is 1. The van der Waals surface area contributed by atoms with E-state index in [9.17, 15) is 26.4 Å². The van der Waals surface area contributed by atoms with Crippen LogP contribution in [0, 0.1) is 5.82 Å². The van der Waals surface area contributed by atoms with E-state index in [0.717, 1.165) is 19.4 Å². The zero-order valence-electron chi connectivity index (χ0n) is 23.7. The van der Waals surface area contributed by atoms with E-state index in [2.05, 4.69) is 14.8 Å². The molecule has 1 saturated heterocycles. The van der Waals surface area contributed by atoms with Gasteiger partial charge in [-0.1, -0.05) is 29.8 Å². The lowest BCUT2D eigenvalue weighted by Gasteiger charge is -2.32. The number of alkyl halides is 3. The number of amidine groups is 1. The van der Waals surface area contributed by atoms with Crippen molar-refractivity contribution in [1.82, 2.24) is 24.4 Å². The predicted molar refractivity (Wildman–Crippen MR) is 161 cm³/mol. The summed E-state index contributed by atoms with van der Waals surface area (Å²) < 4.78 is 92.2. The molecule has 0 radical (unpaired) electrons. The van der Waals surface area contributed by atoms with Crippen LogP contribution in [0.15, 0.2) is 81.9 Å². The molecule has 0 bridgehead atoms. The van der Waals surface area contributed by atoms with Crippen LogP contribution in [0.1, 0.15) is 45.6 Å². The Labute approximate surface area is 269 Å². The average molecular weight is 695 g/mol. The van der Waals surface area contributed by atoms with Crippen molar-refractivity contribution >= 4 is 50.3 Å². The Balaban J connectivity index is 1.44. The largest absolute Gasteiger partial charge is 0.465 e. The molecule has 6 rings (SSSR count). The molecule has 2 aromatic heterocycles. The highest BCUT2D eigenvalue weighted by molar-refractivity contribution is 7.89. The number of halogens is 5. The van der Waals surface area contributed by atoms with Crippen LogP contribution in [0.2, 0.25) is 5.02 Å². The number of rotatable bonds is 9. The topological polar surface area (TPSA) is 119 Å². The monoisotopic (exact) mass is 694 g/mol. The molecule has 0 unspecified atom stereocenters. The summed E-state index contributed by atoms with van der Waals surface area (Å²) in [5, 5.41) is 6.10. The van der Waals surface area contributed by atoms with E-state index in [1.165, 1.54) is 64.9 Å². The van der Waals surface area contributed by atoms with Gasteiger partial charge in [-0.15, -0.1) is 11.3 Å². The number of thiazole rings is 1. The quantitative estimate of drug-likeness (QED) is 0.179. The highest BCUT2D eigenvalue weighted by atomic mass is 35.5. The summed E-state index contributed by atoms with van der Waals surface area (Å²) in [6.45, 7) is -4.09. The number of sulfonamides is 1. The molecular weight excluding hydrogens is 672 g/mol. The molecular formula is C29H23ClF4N6O4S2. The molecule has 2 aliphatic heterocycles. The first kappa shape index (κ1) is 31.8. The molecule has 0 spiro atoms. The van der Waals surface area contributed by atoms with E-state index in [1.54, 1.807) is 5.38 Å². The summed E-state index contributed by atoms with van der Waals surface area (Å²) in [5.41, 5.74) is -1.63. The normalized spacial score (nSPS) is 19.8. The van der Waals surface area contributed by atoms with Gasteiger partial charge in [-0.25, -0.2) is 36.4 Å². The van der Waals surface area contributed by atoms with Crippen LogP contribution >= 0.6 is 22.9 Å². The number of nitrogens with zero attached hydrogens (tertiary/aromatic N) is 5. The fraction of sp³-hybridized carbons (Fsp3) is 0.241. The number of allylic oxidation sites excluding steroid dienone is 1. The fourth-order valence-corrected chi connectivity index (χ4v) is 7.63. The van der Waals surface area contributed by atoms with Crippen LogP contribution in [0.3, 0.4) is 0 Å². The van der Waals surface area contributed by atoms with Crippen LogP contribution in [-0.2, 0) is 14.8 Å². The Morgan fingerprint density at radius 3 is 2.70 bits per heavy atom. The molecule has 2 aromatic carbocycles. The van der Waals surface area contributed by atoms with Gasteiger partial charge in [0.2, 0.25) is 10.0 Å². The van der Waals surface area contributed by atoms with Crippen molar-refractivity contribution in [3.8, 4) is 0 Å². The number of nitrogens with one attached hydrogen (secondary N) is 1. The molecule has 240 valence electrons. The Kier molecular flexibility index (Phi) is 8.47. The molecule has 46 heavy (non-hydrogen) atoms. The van der Waals surface area contributed by atoms with E-state index in [1.807, 2.05) is 0 Å². The van der Waals surface area contributed by atoms with Gasteiger partial charge in [0.05, 0.1) is 29.8 Å². The highest BCUT2D eigenvalue weighted by Crippen LogP contribution is 2.49. The van der Waals surface area contributed by atoms with E-state index in [4.69, 9.17) is 21.3 Å². The Morgan fingerprint density at radius 1 is 1.24 bits per heavy atom. The maximum atomic E-state index is 16.9. The van der Waals surface area contributed by atoms with Crippen molar-refractivity contribution in [2.24, 2.45) is 4.99 Å². The number of methoxy groups -OCH3 is 1. The van der Waals surface area contributed by atoms with Gasteiger partial charge >= 0.3 is 12.5 Å². The van der Waals surface area contributed by atoms with Crippen molar-refractivity contribution in [1.29, 1.82) is 0 Å². The van der Waals surface area contributed by atoms with Gasteiger partial charge in [0.25, 0.3) is 0 Å². The van der Waals surface area contributed by atoms with Gasteiger partial charge in [-0.3, -0.25) is 4.99 Å². The first-order valence-corrected chi connectivity index (χ1v) is 16.3. The first-order chi connectivity index (χ1) is 21.9. The third-order valence-electron chi connectivity index (χ3n) is 7.47. The number of esters is 1. The molecule has 2 atom stereocenters. The molecule has 4 heterocycles. The van der Waals surface area contributed by atoms with Gasteiger partial charge in [0.15, 0.2) is 10.8 Å². The Bertz CT molecular complexity index is 1990. The lowest BCUT2D eigenvalue weighted by atomic mass is 9.91. The van der Waals surface area contributed by atoms with Crippen molar-refractivity contribution in [3.63, 3.8) is 0 Å². The fourth-order valence-electron chi connectivity index (χ4n) is 5.42. The Morgan fingerprint density at radius 2 is 2.02 bits per heavy atom. The first-order valence-electron chi connectivity index (χ1n) is 13.5. The molecule has 4 aromatic rings. The lowest BCUT2D eigenvalue weighted by molar-refractivity contribution is 0.0563. The van der Waals surface area contributed by atoms with Gasteiger partial charge in [-0.2, -0.15) is 13.9 Å². The maximum absolute atomic E-state index is 16.9. The number of hydrogen-bond acceptors (Lipinski definition) is 9. The lowest BCUT2D eigenvalue weighted by Crippen LogP contribution is -2.43. The molecule has 1 fully saturated rings. The SMILES string of the molecule is COC(=O)c1ccccc1S(=O)(=O)NC[C@@]1(F)CC2=C(c3ccn(C(F)F)n3)[C@H](c3ccc(F)cc3Cl)N=C(c3nccs3)N2C1. The zero-order chi connectivity index (χ0) is 32.8. The van der Waals surface area contributed by atoms with Gasteiger partial charge in [0, 0.05) is 52.6 Å². The van der Waals surface area contributed by atoms with Gasteiger partial charge in [-0.05, 0) is 30.3 Å². The summed E-state index contributed by atoms with van der Waals surface area (Å²) in [6.07, 6.45) is 2.19. The smallest absolute Gasteiger partial charge is 0.339 e. The van der Waals surface area contributed by atoms with E-state index < -0.39 is 64.5 Å². The number of hydrogen-bond donors (Lipinski definition) is 1. The number of aromatic nitrogens is 3. The van der Waals surface area contributed by atoms with Gasteiger partial charge < -0.3 is 9.64 Å². The predicted octanol–water partition coefficient (Wildman–Crippen LogP) is 5.62. The van der Waals surface area contributed by atoms with Crippen LogP contribution in [0.5, 0.6) is 0 Å². The second-order valence-electron chi connectivity index (χ2n) is 10.4. The minimum absolute atomic E-state index is 0.00591. The zero-order valence-corrected chi connectivity index (χ0v) is 26.1. The summed E-state index contributed by atoms with van der Waals surface area (Å²) in [4.78, 5) is 22.5. The molecule has 17 heteroatoms. The van der Waals surface area contributed by atoms with Crippen molar-refractivity contribution < 1.29 is 35.5 Å². The maximum Gasteiger partial charge on any atom is 0.339 e. The standard InChI is InChI=1S/C29H23ClF4N6O4S2/c1-44-27(41)18-4-2-3-5-22(18)46(42,43)36-14-29(34)13-21-23(20-8-10-40(38-20)28(32)33)24(17-7-6-16(31)12-19(17)30)37-25(39(21)15-29)26-35-9-11-45-26/h2-12,24,28,36H,13-15H2,1H3/t24-,29-/m0/s1. The average Bonchev–Trinajstić information content (AvgIpc) is 3.80. The number of carbonyl (C=O) groups excluding carboxylic acids is 1. The van der Waals surface area contributed by atoms with Crippen LogP contribution in [0.25, 0.3) is 5.57 Å². The molecule has 0 aliphatic carbocycles. The summed E-state index contributed by atoms with van der Waals surface area (Å²) >= 11 is 7.67. The number of benzene rings is 2. The number of aliphatic imine (C=N–C) groups is 1. The summed E-state index contributed by atoms with van der Waals surface area (Å²) in [6, 6.07) is 9.28. The van der Waals surface area contributed by atoms with Crippen LogP contribution < -0.4 is 4.72 Å². The van der Waals surface area contributed by atoms with Crippen molar-refractivity contribution in [3.05, 3.63) is 105 Å². The molecule has 0 saturated carbocycles. The van der Waals surface area contributed by atoms with Crippen molar-refractivity contribution in [2.45, 2.75) is 29.6 Å². The van der Waals surface area contributed by atoms with Crippen LogP contribution in [-0.4, -0.2) is 65.8 Å². The van der Waals surface area contributed by atoms with E-state index in [0.29, 0.717) is 15.3 Å². The number of carbonyl (C=O) groups is 1. The summed E-state index contributed by atoms with van der Waals surface area (Å²) in [5.74, 6) is -1.27. The second-order valence-corrected chi connectivity index (χ2v) is 13.4. The highest BCUT2D eigenvalue weighted by Gasteiger charge is 2.49. The molecule has 2 aliphatic rings. The van der Waals surface area contributed by atoms with Crippen molar-refractivity contribution in [2.75, 3.05) is 20.2 Å². The van der Waals surface area contributed by atoms with Gasteiger partial charge in [0.1, 0.15) is 17.5 Å². The summed E-state index contributed by atoms with van der Waals surface area (Å²) in [7, 11) is -3.31. The Hall–Kier alpha value is -4.12. The van der Waals surface area contributed by atoms with Crippen LogP contribution in [0.4, 0.5) is 17.6 Å². The third-order valence-corrected chi connectivity index (χ3v) is 10.0. The second kappa shape index (κ2) is 12.2. The van der Waals surface area contributed by atoms with E-state index >= 15 is 4.39 Å².